The summed E-state index contributed by atoms with van der Waals surface area (Å²) in [5.74, 6) is 0.412. The van der Waals surface area contributed by atoms with Gasteiger partial charge < -0.3 is 15.2 Å². The maximum Gasteiger partial charge on any atom is 0.411 e. The highest BCUT2D eigenvalue weighted by molar-refractivity contribution is 5.84. The minimum absolute atomic E-state index is 0.412. The molecule has 1 aromatic carbocycles. The first-order valence-corrected chi connectivity index (χ1v) is 6.58. The van der Waals surface area contributed by atoms with E-state index in [2.05, 4.69) is 5.32 Å². The average Bonchev–Trinajstić information content (AvgIpc) is 2.46. The topological polar surface area (TPSA) is 73.6 Å². The fourth-order valence-electron chi connectivity index (χ4n) is 2.04. The van der Waals surface area contributed by atoms with Crippen molar-refractivity contribution < 1.29 is 14.3 Å². The van der Waals surface area contributed by atoms with Crippen molar-refractivity contribution in [3.8, 4) is 0 Å². The molecule has 1 aliphatic heterocycles. The molecule has 1 aliphatic rings. The predicted octanol–water partition coefficient (Wildman–Crippen LogP) is 2.12. The van der Waals surface area contributed by atoms with E-state index in [-0.39, 0.29) is 0 Å². The normalized spacial score (nSPS) is 16.1. The first-order valence-electron chi connectivity index (χ1n) is 6.58. The van der Waals surface area contributed by atoms with Gasteiger partial charge in [-0.25, -0.2) is 4.79 Å². The highest BCUT2D eigenvalue weighted by atomic mass is 16.5. The molecule has 1 heterocycles. The fraction of sp³-hybridized carbons (Fsp3) is 0.500. The number of benzene rings is 1. The molecule has 1 fully saturated rings. The molecular weight excluding hydrogens is 244 g/mol. The summed E-state index contributed by atoms with van der Waals surface area (Å²) in [5.41, 5.74) is 7.23. The van der Waals surface area contributed by atoms with Crippen molar-refractivity contribution in [1.82, 2.24) is 0 Å². The van der Waals surface area contributed by atoms with E-state index in [0.29, 0.717) is 24.8 Å². The van der Waals surface area contributed by atoms with E-state index in [1.165, 1.54) is 0 Å². The third-order valence-electron chi connectivity index (χ3n) is 3.20. The highest BCUT2D eigenvalue weighted by Crippen LogP contribution is 2.15. The van der Waals surface area contributed by atoms with Crippen LogP contribution in [0.15, 0.2) is 24.3 Å². The summed E-state index contributed by atoms with van der Waals surface area (Å²) in [7, 11) is 0. The Labute approximate surface area is 113 Å². The molecule has 0 unspecified atom stereocenters. The summed E-state index contributed by atoms with van der Waals surface area (Å²) < 4.78 is 10.5. The van der Waals surface area contributed by atoms with Crippen LogP contribution in [-0.4, -0.2) is 25.9 Å². The summed E-state index contributed by atoms with van der Waals surface area (Å²) in [6.07, 6.45) is 1.49. The third kappa shape index (κ3) is 4.54. The first-order chi connectivity index (χ1) is 9.28. The second-order valence-electron chi connectivity index (χ2n) is 4.68. The second-order valence-corrected chi connectivity index (χ2v) is 4.68. The van der Waals surface area contributed by atoms with Crippen LogP contribution in [-0.2, 0) is 16.0 Å². The first kappa shape index (κ1) is 13.8. The van der Waals surface area contributed by atoms with E-state index in [9.17, 15) is 4.79 Å². The predicted molar refractivity (Wildman–Crippen MR) is 72.8 cm³/mol. The molecule has 3 N–H and O–H groups in total. The molecule has 0 bridgehead atoms. The van der Waals surface area contributed by atoms with Crippen LogP contribution >= 0.6 is 0 Å². The van der Waals surface area contributed by atoms with E-state index >= 15 is 0 Å². The zero-order chi connectivity index (χ0) is 13.5. The number of hydrogen-bond donors (Lipinski definition) is 2. The Bertz CT molecular complexity index is 417. The van der Waals surface area contributed by atoms with Gasteiger partial charge in [-0.05, 0) is 36.5 Å². The zero-order valence-electron chi connectivity index (χ0n) is 10.9. The number of carbonyl (C=O) groups is 1. The molecule has 19 heavy (non-hydrogen) atoms. The summed E-state index contributed by atoms with van der Waals surface area (Å²) in [6, 6.07) is 7.43. The molecule has 0 spiro atoms. The second kappa shape index (κ2) is 7.11. The van der Waals surface area contributed by atoms with Crippen molar-refractivity contribution in [2.45, 2.75) is 19.4 Å². The minimum Gasteiger partial charge on any atom is -0.449 e. The van der Waals surface area contributed by atoms with Crippen molar-refractivity contribution in [3.63, 3.8) is 0 Å². The molecule has 0 aliphatic carbocycles. The Hall–Kier alpha value is -1.59. The maximum absolute atomic E-state index is 11.7. The largest absolute Gasteiger partial charge is 0.449 e. The lowest BCUT2D eigenvalue weighted by atomic mass is 10.0. The van der Waals surface area contributed by atoms with Gasteiger partial charge in [0.1, 0.15) is 0 Å². The highest BCUT2D eigenvalue weighted by Gasteiger charge is 2.15. The summed E-state index contributed by atoms with van der Waals surface area (Å²) in [4.78, 5) is 11.7. The van der Waals surface area contributed by atoms with Crippen LogP contribution in [0.25, 0.3) is 0 Å². The van der Waals surface area contributed by atoms with E-state index < -0.39 is 6.09 Å². The molecule has 0 saturated carbocycles. The number of amides is 1. The van der Waals surface area contributed by atoms with Crippen LogP contribution < -0.4 is 11.1 Å². The number of nitrogens with one attached hydrogen (secondary N) is 1. The van der Waals surface area contributed by atoms with E-state index in [1.54, 1.807) is 0 Å². The van der Waals surface area contributed by atoms with Gasteiger partial charge in [-0.15, -0.1) is 0 Å². The lowest BCUT2D eigenvalue weighted by molar-refractivity contribution is 0.0405. The van der Waals surface area contributed by atoms with Crippen molar-refractivity contribution in [2.75, 3.05) is 25.1 Å². The quantitative estimate of drug-likeness (QED) is 0.873. The van der Waals surface area contributed by atoms with Crippen molar-refractivity contribution in [2.24, 2.45) is 11.7 Å². The Kier molecular flexibility index (Phi) is 5.18. The summed E-state index contributed by atoms with van der Waals surface area (Å²) in [6.45, 7) is 2.42. The number of hydrogen-bond acceptors (Lipinski definition) is 4. The SMILES string of the molecule is NCc1cccc(NC(=O)OCC2CCOCC2)c1. The molecule has 1 amide bonds. The standard InChI is InChI=1S/C14H20N2O3/c15-9-12-2-1-3-13(8-12)16-14(17)19-10-11-4-6-18-7-5-11/h1-3,8,11H,4-7,9-10,15H2,(H,16,17). The Morgan fingerprint density at radius 3 is 2.95 bits per heavy atom. The number of ether oxygens (including phenoxy) is 2. The fourth-order valence-corrected chi connectivity index (χ4v) is 2.04. The van der Waals surface area contributed by atoms with Gasteiger partial charge in [0, 0.05) is 25.4 Å². The van der Waals surface area contributed by atoms with Gasteiger partial charge in [0.25, 0.3) is 0 Å². The Balaban J connectivity index is 1.76. The third-order valence-corrected chi connectivity index (χ3v) is 3.20. The Morgan fingerprint density at radius 1 is 1.42 bits per heavy atom. The minimum atomic E-state index is -0.416. The smallest absolute Gasteiger partial charge is 0.411 e. The van der Waals surface area contributed by atoms with E-state index in [0.717, 1.165) is 31.6 Å². The number of rotatable bonds is 4. The molecule has 0 atom stereocenters. The lowest BCUT2D eigenvalue weighted by Crippen LogP contribution is -2.23. The van der Waals surface area contributed by atoms with E-state index in [1.807, 2.05) is 24.3 Å². The van der Waals surface area contributed by atoms with Gasteiger partial charge in [-0.3, -0.25) is 5.32 Å². The molecule has 5 nitrogen and oxygen atoms in total. The van der Waals surface area contributed by atoms with Crippen molar-refractivity contribution in [3.05, 3.63) is 29.8 Å². The number of nitrogens with two attached hydrogens (primary N) is 1. The Morgan fingerprint density at radius 2 is 2.21 bits per heavy atom. The molecule has 2 rings (SSSR count). The van der Waals surface area contributed by atoms with Crippen molar-refractivity contribution >= 4 is 11.8 Å². The molecule has 5 heteroatoms. The molecule has 1 aromatic rings. The maximum atomic E-state index is 11.7. The number of anilines is 1. The van der Waals surface area contributed by atoms with Gasteiger partial charge in [-0.1, -0.05) is 12.1 Å². The van der Waals surface area contributed by atoms with Gasteiger partial charge in [0.05, 0.1) is 6.61 Å². The zero-order valence-corrected chi connectivity index (χ0v) is 10.9. The van der Waals surface area contributed by atoms with Crippen LogP contribution in [0, 0.1) is 5.92 Å². The van der Waals surface area contributed by atoms with Gasteiger partial charge in [0.15, 0.2) is 0 Å². The van der Waals surface area contributed by atoms with E-state index in [4.69, 9.17) is 15.2 Å². The lowest BCUT2D eigenvalue weighted by Gasteiger charge is -2.21. The molecule has 1 saturated heterocycles. The van der Waals surface area contributed by atoms with Crippen LogP contribution in [0.2, 0.25) is 0 Å². The van der Waals surface area contributed by atoms with Crippen LogP contribution in [0.1, 0.15) is 18.4 Å². The van der Waals surface area contributed by atoms with Crippen molar-refractivity contribution in [1.29, 1.82) is 0 Å². The molecular formula is C14H20N2O3. The van der Waals surface area contributed by atoms with Gasteiger partial charge in [0.2, 0.25) is 0 Å². The molecule has 104 valence electrons. The summed E-state index contributed by atoms with van der Waals surface area (Å²) >= 11 is 0. The van der Waals surface area contributed by atoms with Gasteiger partial charge in [-0.2, -0.15) is 0 Å². The van der Waals surface area contributed by atoms with Crippen LogP contribution in [0.5, 0.6) is 0 Å². The van der Waals surface area contributed by atoms with Gasteiger partial charge >= 0.3 is 6.09 Å². The van der Waals surface area contributed by atoms with Crippen LogP contribution in [0.4, 0.5) is 10.5 Å². The van der Waals surface area contributed by atoms with Crippen LogP contribution in [0.3, 0.4) is 0 Å². The number of carbonyl (C=O) groups excluding carboxylic acids is 1. The molecule has 0 radical (unpaired) electrons. The molecule has 0 aromatic heterocycles. The monoisotopic (exact) mass is 264 g/mol. The summed E-state index contributed by atoms with van der Waals surface area (Å²) in [5, 5.41) is 2.71. The average molecular weight is 264 g/mol.